The average molecular weight is 280 g/mol. The first kappa shape index (κ1) is 13.8. The second-order valence-corrected chi connectivity index (χ2v) is 4.77. The van der Waals surface area contributed by atoms with Crippen LogP contribution in [0.2, 0.25) is 5.02 Å². The standard InChI is InChI=1S/C14H15ClFN3/c1-19(14-13(16)6-12(15)8-18-14)9-11-4-2-10(7-17)3-5-11/h2-6,8H,7,9,17H2,1H3. The number of benzene rings is 1. The number of hydrogen-bond donors (Lipinski definition) is 1. The number of hydrogen-bond acceptors (Lipinski definition) is 3. The molecule has 0 radical (unpaired) electrons. The number of pyridine rings is 1. The van der Waals surface area contributed by atoms with E-state index in [2.05, 4.69) is 4.98 Å². The van der Waals surface area contributed by atoms with E-state index in [1.54, 1.807) is 11.9 Å². The SMILES string of the molecule is CN(Cc1ccc(CN)cc1)c1ncc(Cl)cc1F. The van der Waals surface area contributed by atoms with E-state index in [9.17, 15) is 4.39 Å². The fourth-order valence-corrected chi connectivity index (χ4v) is 1.96. The van der Waals surface area contributed by atoms with E-state index in [1.165, 1.54) is 12.3 Å². The molecule has 2 rings (SSSR count). The predicted molar refractivity (Wildman–Crippen MR) is 75.6 cm³/mol. The van der Waals surface area contributed by atoms with E-state index in [4.69, 9.17) is 17.3 Å². The monoisotopic (exact) mass is 279 g/mol. The van der Waals surface area contributed by atoms with E-state index in [1.807, 2.05) is 24.3 Å². The van der Waals surface area contributed by atoms with Crippen LogP contribution in [-0.4, -0.2) is 12.0 Å². The van der Waals surface area contributed by atoms with Gasteiger partial charge < -0.3 is 10.6 Å². The van der Waals surface area contributed by atoms with Crippen molar-refractivity contribution in [3.8, 4) is 0 Å². The molecule has 0 fully saturated rings. The molecular formula is C14H15ClFN3. The smallest absolute Gasteiger partial charge is 0.167 e. The lowest BCUT2D eigenvalue weighted by molar-refractivity contribution is 0.615. The number of rotatable bonds is 4. The predicted octanol–water partition coefficient (Wildman–Crippen LogP) is 2.97. The lowest BCUT2D eigenvalue weighted by atomic mass is 10.1. The fraction of sp³-hybridized carbons (Fsp3) is 0.214. The molecule has 0 spiro atoms. The quantitative estimate of drug-likeness (QED) is 0.936. The van der Waals surface area contributed by atoms with Gasteiger partial charge in [-0.15, -0.1) is 0 Å². The van der Waals surface area contributed by atoms with Crippen LogP contribution in [0, 0.1) is 5.82 Å². The summed E-state index contributed by atoms with van der Waals surface area (Å²) in [5.41, 5.74) is 7.68. The van der Waals surface area contributed by atoms with Crippen LogP contribution < -0.4 is 10.6 Å². The van der Waals surface area contributed by atoms with Crippen molar-refractivity contribution in [3.63, 3.8) is 0 Å². The summed E-state index contributed by atoms with van der Waals surface area (Å²) in [7, 11) is 1.79. The van der Waals surface area contributed by atoms with E-state index in [0.29, 0.717) is 18.1 Å². The molecule has 5 heteroatoms. The summed E-state index contributed by atoms with van der Waals surface area (Å²) in [6.07, 6.45) is 1.44. The van der Waals surface area contributed by atoms with Crippen molar-refractivity contribution < 1.29 is 4.39 Å². The average Bonchev–Trinajstić information content (AvgIpc) is 2.39. The van der Waals surface area contributed by atoms with E-state index in [0.717, 1.165) is 11.1 Å². The molecule has 0 aliphatic rings. The Morgan fingerprint density at radius 3 is 2.47 bits per heavy atom. The molecule has 3 nitrogen and oxygen atoms in total. The first-order valence-corrected chi connectivity index (χ1v) is 6.28. The van der Waals surface area contributed by atoms with E-state index >= 15 is 0 Å². The Hall–Kier alpha value is -1.65. The third-order valence-electron chi connectivity index (χ3n) is 2.83. The maximum atomic E-state index is 13.7. The van der Waals surface area contributed by atoms with Gasteiger partial charge >= 0.3 is 0 Å². The van der Waals surface area contributed by atoms with Crippen molar-refractivity contribution in [1.82, 2.24) is 4.98 Å². The number of nitrogens with zero attached hydrogens (tertiary/aromatic N) is 2. The van der Waals surface area contributed by atoms with Crippen molar-refractivity contribution in [1.29, 1.82) is 0 Å². The molecule has 0 aliphatic carbocycles. The first-order chi connectivity index (χ1) is 9.10. The number of halogens is 2. The van der Waals surface area contributed by atoms with Crippen molar-refractivity contribution >= 4 is 17.4 Å². The zero-order chi connectivity index (χ0) is 13.8. The fourth-order valence-electron chi connectivity index (χ4n) is 1.82. The van der Waals surface area contributed by atoms with Gasteiger partial charge in [0.05, 0.1) is 5.02 Å². The topological polar surface area (TPSA) is 42.1 Å². The molecule has 0 bridgehead atoms. The molecule has 1 heterocycles. The van der Waals surface area contributed by atoms with Gasteiger partial charge in [-0.2, -0.15) is 0 Å². The summed E-state index contributed by atoms with van der Waals surface area (Å²) in [5, 5.41) is 0.293. The Balaban J connectivity index is 2.13. The van der Waals surface area contributed by atoms with Gasteiger partial charge in [-0.3, -0.25) is 0 Å². The van der Waals surface area contributed by atoms with Crippen LogP contribution in [0.5, 0.6) is 0 Å². The molecule has 0 unspecified atom stereocenters. The molecule has 19 heavy (non-hydrogen) atoms. The largest absolute Gasteiger partial charge is 0.353 e. The Labute approximate surface area is 116 Å². The molecule has 2 aromatic rings. The minimum absolute atomic E-state index is 0.285. The minimum Gasteiger partial charge on any atom is -0.353 e. The van der Waals surface area contributed by atoms with Gasteiger partial charge in [-0.05, 0) is 17.2 Å². The van der Waals surface area contributed by atoms with E-state index < -0.39 is 5.82 Å². The molecule has 1 aromatic carbocycles. The second-order valence-electron chi connectivity index (χ2n) is 4.34. The van der Waals surface area contributed by atoms with Crippen molar-refractivity contribution in [3.05, 3.63) is 58.5 Å². The normalized spacial score (nSPS) is 10.5. The van der Waals surface area contributed by atoms with E-state index in [-0.39, 0.29) is 5.82 Å². The third kappa shape index (κ3) is 3.43. The number of nitrogens with two attached hydrogens (primary N) is 1. The maximum absolute atomic E-state index is 13.7. The molecule has 0 aliphatic heterocycles. The molecule has 0 saturated carbocycles. The Kier molecular flexibility index (Phi) is 4.35. The van der Waals surface area contributed by atoms with Gasteiger partial charge in [0.25, 0.3) is 0 Å². The van der Waals surface area contributed by atoms with Crippen molar-refractivity contribution in [2.24, 2.45) is 5.73 Å². The Morgan fingerprint density at radius 1 is 1.26 bits per heavy atom. The van der Waals surface area contributed by atoms with Crippen molar-refractivity contribution in [2.75, 3.05) is 11.9 Å². The number of aromatic nitrogens is 1. The molecule has 1 aromatic heterocycles. The molecule has 0 amide bonds. The number of anilines is 1. The van der Waals surface area contributed by atoms with Crippen LogP contribution >= 0.6 is 11.6 Å². The second kappa shape index (κ2) is 5.99. The summed E-state index contributed by atoms with van der Waals surface area (Å²) in [6.45, 7) is 1.08. The zero-order valence-electron chi connectivity index (χ0n) is 10.6. The van der Waals surface area contributed by atoms with Crippen LogP contribution in [0.4, 0.5) is 10.2 Å². The molecule has 2 N–H and O–H groups in total. The van der Waals surface area contributed by atoms with Crippen LogP contribution in [0.1, 0.15) is 11.1 Å². The lowest BCUT2D eigenvalue weighted by Gasteiger charge is -2.19. The van der Waals surface area contributed by atoms with Crippen LogP contribution in [0.25, 0.3) is 0 Å². The molecular weight excluding hydrogens is 265 g/mol. The van der Waals surface area contributed by atoms with Crippen LogP contribution in [0.15, 0.2) is 36.5 Å². The first-order valence-electron chi connectivity index (χ1n) is 5.90. The van der Waals surface area contributed by atoms with Crippen LogP contribution in [0.3, 0.4) is 0 Å². The molecule has 0 atom stereocenters. The summed E-state index contributed by atoms with van der Waals surface area (Å²) in [6, 6.07) is 9.15. The van der Waals surface area contributed by atoms with Gasteiger partial charge in [-0.1, -0.05) is 35.9 Å². The summed E-state index contributed by atoms with van der Waals surface area (Å²) < 4.78 is 13.7. The highest BCUT2D eigenvalue weighted by atomic mass is 35.5. The maximum Gasteiger partial charge on any atom is 0.167 e. The van der Waals surface area contributed by atoms with Gasteiger partial charge in [0.2, 0.25) is 0 Å². The highest BCUT2D eigenvalue weighted by Crippen LogP contribution is 2.20. The highest BCUT2D eigenvalue weighted by molar-refractivity contribution is 6.30. The van der Waals surface area contributed by atoms with Gasteiger partial charge in [0.15, 0.2) is 11.6 Å². The summed E-state index contributed by atoms with van der Waals surface area (Å²) in [5.74, 6) is -0.138. The van der Waals surface area contributed by atoms with Gasteiger partial charge in [0, 0.05) is 26.3 Å². The minimum atomic E-state index is -0.423. The Bertz CT molecular complexity index is 557. The highest BCUT2D eigenvalue weighted by Gasteiger charge is 2.10. The molecule has 100 valence electrons. The van der Waals surface area contributed by atoms with Crippen LogP contribution in [-0.2, 0) is 13.1 Å². The third-order valence-corrected chi connectivity index (χ3v) is 3.04. The van der Waals surface area contributed by atoms with Crippen molar-refractivity contribution in [2.45, 2.75) is 13.1 Å². The zero-order valence-corrected chi connectivity index (χ0v) is 11.4. The Morgan fingerprint density at radius 2 is 1.89 bits per heavy atom. The lowest BCUT2D eigenvalue weighted by Crippen LogP contribution is -2.19. The summed E-state index contributed by atoms with van der Waals surface area (Å²) in [4.78, 5) is 5.75. The summed E-state index contributed by atoms with van der Waals surface area (Å²) >= 11 is 5.68. The van der Waals surface area contributed by atoms with Gasteiger partial charge in [-0.25, -0.2) is 9.37 Å². The molecule has 0 saturated heterocycles. The van der Waals surface area contributed by atoms with Gasteiger partial charge in [0.1, 0.15) is 0 Å².